The minimum Gasteiger partial charge on any atom is -0.488 e. The van der Waals surface area contributed by atoms with Crippen molar-refractivity contribution in [3.63, 3.8) is 0 Å². The molecule has 3 aromatic rings. The largest absolute Gasteiger partial charge is 0.488 e. The van der Waals surface area contributed by atoms with E-state index in [4.69, 9.17) is 14.2 Å². The van der Waals surface area contributed by atoms with Crippen LogP contribution in [0.3, 0.4) is 0 Å². The summed E-state index contributed by atoms with van der Waals surface area (Å²) in [6, 6.07) is 14.4. The van der Waals surface area contributed by atoms with Crippen LogP contribution < -0.4 is 4.74 Å². The van der Waals surface area contributed by atoms with Gasteiger partial charge in [0.2, 0.25) is 0 Å². The molecule has 2 heterocycles. The maximum Gasteiger partial charge on any atom is 0.191 e. The highest BCUT2D eigenvalue weighted by Crippen LogP contribution is 2.27. The minimum atomic E-state index is -0.390. The average Bonchev–Trinajstić information content (AvgIpc) is 3.13. The Kier molecular flexibility index (Phi) is 4.11. The molecule has 0 saturated carbocycles. The third-order valence-electron chi connectivity index (χ3n) is 3.87. The predicted molar refractivity (Wildman–Crippen MR) is 88.3 cm³/mol. The Labute approximate surface area is 138 Å². The molecule has 2 aromatic carbocycles. The van der Waals surface area contributed by atoms with Gasteiger partial charge < -0.3 is 14.2 Å². The zero-order chi connectivity index (χ0) is 16.4. The van der Waals surface area contributed by atoms with Gasteiger partial charge >= 0.3 is 0 Å². The van der Waals surface area contributed by atoms with Gasteiger partial charge in [-0.1, -0.05) is 18.2 Å². The smallest absolute Gasteiger partial charge is 0.191 e. The van der Waals surface area contributed by atoms with Gasteiger partial charge in [-0.3, -0.25) is 4.98 Å². The number of rotatable bonds is 4. The van der Waals surface area contributed by atoms with Crippen LogP contribution in [0, 0.1) is 5.82 Å². The fourth-order valence-electron chi connectivity index (χ4n) is 2.71. The van der Waals surface area contributed by atoms with E-state index < -0.39 is 0 Å². The molecule has 1 aromatic heterocycles. The summed E-state index contributed by atoms with van der Waals surface area (Å²) in [7, 11) is 0. The number of para-hydroxylation sites is 1. The van der Waals surface area contributed by atoms with Crippen molar-refractivity contribution >= 4 is 10.9 Å². The van der Waals surface area contributed by atoms with E-state index in [0.717, 1.165) is 22.0 Å². The first kappa shape index (κ1) is 15.1. The van der Waals surface area contributed by atoms with E-state index in [2.05, 4.69) is 4.98 Å². The number of hydrogen-bond donors (Lipinski definition) is 0. The van der Waals surface area contributed by atoms with E-state index in [9.17, 15) is 4.39 Å². The third kappa shape index (κ3) is 3.22. The van der Waals surface area contributed by atoms with Crippen LogP contribution in [-0.2, 0) is 9.47 Å². The second-order valence-corrected chi connectivity index (χ2v) is 5.57. The number of pyridine rings is 1. The molecule has 122 valence electrons. The lowest BCUT2D eigenvalue weighted by Crippen LogP contribution is -2.18. The summed E-state index contributed by atoms with van der Waals surface area (Å²) in [6.07, 6.45) is 1.35. The van der Waals surface area contributed by atoms with Gasteiger partial charge in [0.15, 0.2) is 6.29 Å². The first-order valence-electron chi connectivity index (χ1n) is 7.80. The van der Waals surface area contributed by atoms with Crippen LogP contribution in [0.1, 0.15) is 0 Å². The average molecular weight is 325 g/mol. The Hall–Kier alpha value is -2.50. The molecule has 0 N–H and O–H groups in total. The Morgan fingerprint density at radius 1 is 1.04 bits per heavy atom. The van der Waals surface area contributed by atoms with Gasteiger partial charge in [-0.2, -0.15) is 0 Å². The van der Waals surface area contributed by atoms with Crippen molar-refractivity contribution in [2.45, 2.75) is 6.29 Å². The van der Waals surface area contributed by atoms with Gasteiger partial charge in [-0.15, -0.1) is 0 Å². The monoisotopic (exact) mass is 325 g/mol. The van der Waals surface area contributed by atoms with Crippen molar-refractivity contribution < 1.29 is 18.6 Å². The standard InChI is InChI=1S/C19H16FNO3/c20-16-8-14(9-17(10-16)24-12-19-22-5-6-23-19)15-7-13-3-1-2-4-18(13)21-11-15/h1-4,7-11,19H,5-6,12H2. The lowest BCUT2D eigenvalue weighted by atomic mass is 10.0. The Balaban J connectivity index is 1.61. The molecular formula is C19H16FNO3. The van der Waals surface area contributed by atoms with E-state index in [-0.39, 0.29) is 18.7 Å². The Morgan fingerprint density at radius 3 is 2.75 bits per heavy atom. The second kappa shape index (κ2) is 6.55. The maximum atomic E-state index is 14.0. The van der Waals surface area contributed by atoms with Crippen LogP contribution in [-0.4, -0.2) is 31.1 Å². The van der Waals surface area contributed by atoms with Crippen molar-refractivity contribution in [1.29, 1.82) is 0 Å². The van der Waals surface area contributed by atoms with Gasteiger partial charge in [-0.25, -0.2) is 4.39 Å². The van der Waals surface area contributed by atoms with Gasteiger partial charge in [0.1, 0.15) is 18.2 Å². The zero-order valence-corrected chi connectivity index (χ0v) is 12.9. The van der Waals surface area contributed by atoms with Crippen molar-refractivity contribution in [3.05, 3.63) is 60.5 Å². The highest BCUT2D eigenvalue weighted by Gasteiger charge is 2.17. The zero-order valence-electron chi connectivity index (χ0n) is 12.9. The highest BCUT2D eigenvalue weighted by molar-refractivity contribution is 5.83. The molecule has 1 fully saturated rings. The summed E-state index contributed by atoms with van der Waals surface area (Å²) in [5.41, 5.74) is 2.47. The van der Waals surface area contributed by atoms with Crippen molar-refractivity contribution in [2.24, 2.45) is 0 Å². The summed E-state index contributed by atoms with van der Waals surface area (Å²) >= 11 is 0. The highest BCUT2D eigenvalue weighted by atomic mass is 19.1. The number of nitrogens with zero attached hydrogens (tertiary/aromatic N) is 1. The molecule has 4 rings (SSSR count). The molecule has 0 unspecified atom stereocenters. The molecule has 0 radical (unpaired) electrons. The maximum absolute atomic E-state index is 14.0. The van der Waals surface area contributed by atoms with Crippen LogP contribution in [0.15, 0.2) is 54.7 Å². The molecule has 0 bridgehead atoms. The van der Waals surface area contributed by atoms with E-state index in [1.54, 1.807) is 12.3 Å². The summed E-state index contributed by atoms with van der Waals surface area (Å²) in [6.45, 7) is 1.36. The van der Waals surface area contributed by atoms with Crippen LogP contribution in [0.4, 0.5) is 4.39 Å². The molecule has 4 nitrogen and oxygen atoms in total. The summed E-state index contributed by atoms with van der Waals surface area (Å²) < 4.78 is 30.2. The SMILES string of the molecule is Fc1cc(OCC2OCCO2)cc(-c2cnc3ccccc3c2)c1. The Morgan fingerprint density at radius 2 is 1.88 bits per heavy atom. The van der Waals surface area contributed by atoms with Crippen LogP contribution in [0.2, 0.25) is 0 Å². The molecule has 5 heteroatoms. The third-order valence-corrected chi connectivity index (χ3v) is 3.87. The number of fused-ring (bicyclic) bond motifs is 1. The van der Waals surface area contributed by atoms with Gasteiger partial charge in [0.05, 0.1) is 18.7 Å². The topological polar surface area (TPSA) is 40.6 Å². The fourth-order valence-corrected chi connectivity index (χ4v) is 2.71. The molecule has 1 aliphatic rings. The van der Waals surface area contributed by atoms with Crippen LogP contribution >= 0.6 is 0 Å². The first-order valence-corrected chi connectivity index (χ1v) is 7.80. The van der Waals surface area contributed by atoms with E-state index >= 15 is 0 Å². The molecular weight excluding hydrogens is 309 g/mol. The molecule has 0 aliphatic carbocycles. The summed E-state index contributed by atoms with van der Waals surface area (Å²) in [5.74, 6) is 0.0844. The Bertz CT molecular complexity index is 862. The lowest BCUT2D eigenvalue weighted by Gasteiger charge is -2.12. The van der Waals surface area contributed by atoms with E-state index in [1.807, 2.05) is 30.3 Å². The van der Waals surface area contributed by atoms with E-state index in [0.29, 0.717) is 19.0 Å². The lowest BCUT2D eigenvalue weighted by molar-refractivity contribution is -0.0684. The second-order valence-electron chi connectivity index (χ2n) is 5.57. The number of benzene rings is 2. The predicted octanol–water partition coefficient (Wildman–Crippen LogP) is 3.79. The van der Waals surface area contributed by atoms with Crippen molar-refractivity contribution in [3.8, 4) is 16.9 Å². The molecule has 1 aliphatic heterocycles. The number of halogens is 1. The van der Waals surface area contributed by atoms with Crippen molar-refractivity contribution in [1.82, 2.24) is 4.98 Å². The number of ether oxygens (including phenoxy) is 3. The number of hydrogen-bond acceptors (Lipinski definition) is 4. The van der Waals surface area contributed by atoms with Gasteiger partial charge in [0.25, 0.3) is 0 Å². The fraction of sp³-hybridized carbons (Fsp3) is 0.211. The molecule has 24 heavy (non-hydrogen) atoms. The number of aromatic nitrogens is 1. The quantitative estimate of drug-likeness (QED) is 0.732. The van der Waals surface area contributed by atoms with Gasteiger partial charge in [-0.05, 0) is 29.8 Å². The summed E-state index contributed by atoms with van der Waals surface area (Å²) in [5, 5.41) is 1.01. The molecule has 0 spiro atoms. The van der Waals surface area contributed by atoms with Gasteiger partial charge in [0, 0.05) is 23.2 Å². The van der Waals surface area contributed by atoms with E-state index in [1.165, 1.54) is 12.1 Å². The normalized spacial score (nSPS) is 15.0. The molecule has 0 amide bonds. The molecule has 1 saturated heterocycles. The first-order chi connectivity index (χ1) is 11.8. The van der Waals surface area contributed by atoms with Crippen LogP contribution in [0.25, 0.3) is 22.0 Å². The van der Waals surface area contributed by atoms with Crippen molar-refractivity contribution in [2.75, 3.05) is 19.8 Å². The summed E-state index contributed by atoms with van der Waals surface area (Å²) in [4.78, 5) is 4.42. The van der Waals surface area contributed by atoms with Crippen LogP contribution in [0.5, 0.6) is 5.75 Å². The minimum absolute atomic E-state index is 0.235. The molecule has 0 atom stereocenters.